The van der Waals surface area contributed by atoms with Crippen LogP contribution >= 0.6 is 0 Å². The van der Waals surface area contributed by atoms with E-state index in [0.717, 1.165) is 13.0 Å². The number of nitrogens with zero attached hydrogens (tertiary/aromatic N) is 2. The van der Waals surface area contributed by atoms with Gasteiger partial charge in [0.15, 0.2) is 0 Å². The van der Waals surface area contributed by atoms with E-state index in [1.165, 1.54) is 31.8 Å². The summed E-state index contributed by atoms with van der Waals surface area (Å²) < 4.78 is 0. The summed E-state index contributed by atoms with van der Waals surface area (Å²) in [5, 5.41) is 12.3. The smallest absolute Gasteiger partial charge is 0.339 e. The molecule has 0 radical (unpaired) electrons. The normalized spacial score (nSPS) is 12.3. The van der Waals surface area contributed by atoms with Gasteiger partial charge in [-0.3, -0.25) is 0 Å². The topological polar surface area (TPSA) is 75.1 Å². The first-order valence-corrected chi connectivity index (χ1v) is 6.91. The Hall–Kier alpha value is -1.49. The molecule has 106 valence electrons. The molecule has 5 nitrogen and oxygen atoms in total. The Morgan fingerprint density at radius 2 is 2.26 bits per heavy atom. The van der Waals surface area contributed by atoms with Crippen molar-refractivity contribution < 1.29 is 9.90 Å². The Bertz CT molecular complexity index is 396. The molecule has 0 bridgehead atoms. The Labute approximate surface area is 114 Å². The summed E-state index contributed by atoms with van der Waals surface area (Å²) >= 11 is 0. The lowest BCUT2D eigenvalue weighted by atomic mass is 9.99. The van der Waals surface area contributed by atoms with Crippen LogP contribution < -0.4 is 5.32 Å². The van der Waals surface area contributed by atoms with E-state index < -0.39 is 5.97 Å². The first-order valence-electron chi connectivity index (χ1n) is 6.91. The number of hydrogen-bond acceptors (Lipinski definition) is 4. The zero-order valence-corrected chi connectivity index (χ0v) is 11.7. The number of hydrogen-bond donors (Lipinski definition) is 2. The quantitative estimate of drug-likeness (QED) is 0.717. The van der Waals surface area contributed by atoms with E-state index in [9.17, 15) is 4.79 Å². The van der Waals surface area contributed by atoms with Gasteiger partial charge in [0.25, 0.3) is 0 Å². The summed E-state index contributed by atoms with van der Waals surface area (Å²) in [6.07, 6.45) is 7.55. The molecule has 1 unspecified atom stereocenters. The minimum absolute atomic E-state index is 0.177. The Kier molecular flexibility index (Phi) is 7.03. The summed E-state index contributed by atoms with van der Waals surface area (Å²) in [6, 6.07) is 0. The molecule has 0 aliphatic heterocycles. The second kappa shape index (κ2) is 8.58. The molecule has 0 saturated heterocycles. The predicted octanol–water partition coefficient (Wildman–Crippen LogP) is 2.48. The zero-order valence-electron chi connectivity index (χ0n) is 11.7. The van der Waals surface area contributed by atoms with Gasteiger partial charge in [-0.2, -0.15) is 0 Å². The van der Waals surface area contributed by atoms with Gasteiger partial charge in [-0.1, -0.05) is 33.1 Å². The molecule has 0 saturated carbocycles. The van der Waals surface area contributed by atoms with Crippen LogP contribution in [0.1, 0.15) is 55.6 Å². The van der Waals surface area contributed by atoms with Crippen LogP contribution in [-0.4, -0.2) is 27.6 Å². The van der Waals surface area contributed by atoms with Crippen LogP contribution in [0.5, 0.6) is 0 Å². The maximum Gasteiger partial charge on any atom is 0.339 e. The first-order chi connectivity index (χ1) is 9.19. The van der Waals surface area contributed by atoms with E-state index >= 15 is 0 Å². The van der Waals surface area contributed by atoms with Crippen molar-refractivity contribution in [3.8, 4) is 0 Å². The number of carboxylic acids is 1. The molecule has 1 heterocycles. The second-order valence-electron chi connectivity index (χ2n) is 4.74. The number of carboxylic acid groups (broad SMARTS) is 1. The van der Waals surface area contributed by atoms with Gasteiger partial charge in [-0.15, -0.1) is 0 Å². The minimum Gasteiger partial charge on any atom is -0.478 e. The molecule has 1 atom stereocenters. The minimum atomic E-state index is -0.976. The fourth-order valence-corrected chi connectivity index (χ4v) is 2.01. The number of unbranched alkanes of at least 4 members (excludes halogenated alkanes) is 1. The van der Waals surface area contributed by atoms with Gasteiger partial charge in [-0.25, -0.2) is 14.8 Å². The maximum absolute atomic E-state index is 11.0. The van der Waals surface area contributed by atoms with Crippen molar-refractivity contribution in [2.75, 3.05) is 6.54 Å². The van der Waals surface area contributed by atoms with Crippen molar-refractivity contribution in [1.29, 1.82) is 0 Å². The first kappa shape index (κ1) is 15.6. The van der Waals surface area contributed by atoms with Gasteiger partial charge in [0, 0.05) is 12.7 Å². The van der Waals surface area contributed by atoms with Crippen LogP contribution in [0.4, 0.5) is 0 Å². The highest BCUT2D eigenvalue weighted by Gasteiger charge is 2.11. The van der Waals surface area contributed by atoms with E-state index in [0.29, 0.717) is 18.2 Å². The van der Waals surface area contributed by atoms with Crippen molar-refractivity contribution >= 4 is 5.97 Å². The average Bonchev–Trinajstić information content (AvgIpc) is 2.43. The molecule has 0 aliphatic carbocycles. The summed E-state index contributed by atoms with van der Waals surface area (Å²) in [7, 11) is 0. The molecule has 0 aliphatic rings. The van der Waals surface area contributed by atoms with Crippen LogP contribution in [0.3, 0.4) is 0 Å². The van der Waals surface area contributed by atoms with Crippen molar-refractivity contribution in [3.05, 3.63) is 23.8 Å². The van der Waals surface area contributed by atoms with E-state index in [4.69, 9.17) is 5.11 Å². The van der Waals surface area contributed by atoms with E-state index in [2.05, 4.69) is 29.1 Å². The zero-order chi connectivity index (χ0) is 14.1. The SMILES string of the molecule is CCCCC(CC)CNCc1ncncc1C(=O)O. The van der Waals surface area contributed by atoms with Crippen molar-refractivity contribution in [3.63, 3.8) is 0 Å². The summed E-state index contributed by atoms with van der Waals surface area (Å²) in [5.74, 6) is -0.328. The van der Waals surface area contributed by atoms with Gasteiger partial charge in [-0.05, 0) is 18.9 Å². The lowest BCUT2D eigenvalue weighted by molar-refractivity contribution is 0.0694. The highest BCUT2D eigenvalue weighted by atomic mass is 16.4. The van der Waals surface area contributed by atoms with Crippen molar-refractivity contribution in [1.82, 2.24) is 15.3 Å². The molecular weight excluding hydrogens is 242 g/mol. The molecule has 0 aromatic carbocycles. The standard InChI is InChI=1S/C14H23N3O2/c1-3-5-6-11(4-2)7-15-9-13-12(14(18)19)8-16-10-17-13/h8,10-11,15H,3-7,9H2,1-2H3,(H,18,19). The largest absolute Gasteiger partial charge is 0.478 e. The van der Waals surface area contributed by atoms with Gasteiger partial charge < -0.3 is 10.4 Å². The lowest BCUT2D eigenvalue weighted by Gasteiger charge is -2.15. The van der Waals surface area contributed by atoms with Crippen LogP contribution in [0, 0.1) is 5.92 Å². The highest BCUT2D eigenvalue weighted by molar-refractivity contribution is 5.88. The molecule has 0 fully saturated rings. The summed E-state index contributed by atoms with van der Waals surface area (Å²) in [5.41, 5.74) is 0.726. The Morgan fingerprint density at radius 3 is 2.89 bits per heavy atom. The van der Waals surface area contributed by atoms with Crippen molar-refractivity contribution in [2.45, 2.75) is 46.1 Å². The highest BCUT2D eigenvalue weighted by Crippen LogP contribution is 2.11. The number of rotatable bonds is 9. The van der Waals surface area contributed by atoms with Crippen LogP contribution in [0.15, 0.2) is 12.5 Å². The lowest BCUT2D eigenvalue weighted by Crippen LogP contribution is -2.24. The third-order valence-electron chi connectivity index (χ3n) is 3.29. The summed E-state index contributed by atoms with van der Waals surface area (Å²) in [4.78, 5) is 18.8. The molecule has 1 aromatic heterocycles. The number of nitrogens with one attached hydrogen (secondary N) is 1. The number of aromatic nitrogens is 2. The molecule has 0 spiro atoms. The molecule has 1 rings (SSSR count). The molecule has 2 N–H and O–H groups in total. The molecule has 19 heavy (non-hydrogen) atoms. The Morgan fingerprint density at radius 1 is 1.47 bits per heavy atom. The van der Waals surface area contributed by atoms with E-state index in [1.807, 2.05) is 0 Å². The van der Waals surface area contributed by atoms with Crippen LogP contribution in [0.2, 0.25) is 0 Å². The Balaban J connectivity index is 2.46. The molecule has 0 amide bonds. The van der Waals surface area contributed by atoms with Crippen molar-refractivity contribution in [2.24, 2.45) is 5.92 Å². The maximum atomic E-state index is 11.0. The molecule has 1 aromatic rings. The molecule has 5 heteroatoms. The monoisotopic (exact) mass is 265 g/mol. The van der Waals surface area contributed by atoms with Gasteiger partial charge in [0.2, 0.25) is 0 Å². The number of aromatic carboxylic acids is 1. The van der Waals surface area contributed by atoms with Gasteiger partial charge >= 0.3 is 5.97 Å². The van der Waals surface area contributed by atoms with Crippen LogP contribution in [-0.2, 0) is 6.54 Å². The second-order valence-corrected chi connectivity index (χ2v) is 4.74. The van der Waals surface area contributed by atoms with Gasteiger partial charge in [0.1, 0.15) is 11.9 Å². The predicted molar refractivity (Wildman–Crippen MR) is 74.0 cm³/mol. The van der Waals surface area contributed by atoms with E-state index in [-0.39, 0.29) is 5.56 Å². The molecular formula is C14H23N3O2. The third-order valence-corrected chi connectivity index (χ3v) is 3.29. The van der Waals surface area contributed by atoms with E-state index in [1.54, 1.807) is 0 Å². The van der Waals surface area contributed by atoms with Crippen LogP contribution in [0.25, 0.3) is 0 Å². The van der Waals surface area contributed by atoms with Gasteiger partial charge in [0.05, 0.1) is 5.69 Å². The fraction of sp³-hybridized carbons (Fsp3) is 0.643. The fourth-order valence-electron chi connectivity index (χ4n) is 2.01. The number of carbonyl (C=O) groups is 1. The third kappa shape index (κ3) is 5.34. The summed E-state index contributed by atoms with van der Waals surface area (Å²) in [6.45, 7) is 5.77. The average molecular weight is 265 g/mol.